The van der Waals surface area contributed by atoms with Crippen molar-refractivity contribution in [2.45, 2.75) is 90.4 Å². The monoisotopic (exact) mass is 279 g/mol. The van der Waals surface area contributed by atoms with E-state index in [2.05, 4.69) is 30.6 Å². The van der Waals surface area contributed by atoms with E-state index < -0.39 is 0 Å². The van der Waals surface area contributed by atoms with Gasteiger partial charge in [-0.1, -0.05) is 77.7 Å². The van der Waals surface area contributed by atoms with Crippen molar-refractivity contribution in [3.8, 4) is 0 Å². The SMILES string of the molecule is C=C=CCCCCCCCCCCCCCCNCC. The standard InChI is InChI=1S/C19H37N/c1-3-5-6-7-8-9-10-11-12-13-14-15-16-17-18-19-20-4-2/h5,20H,1,4,6-19H2,2H3. The summed E-state index contributed by atoms with van der Waals surface area (Å²) in [6.07, 6.45) is 20.2. The van der Waals surface area contributed by atoms with Gasteiger partial charge in [-0.15, -0.1) is 5.73 Å². The molecule has 0 aliphatic heterocycles. The van der Waals surface area contributed by atoms with Crippen molar-refractivity contribution in [3.63, 3.8) is 0 Å². The summed E-state index contributed by atoms with van der Waals surface area (Å²) in [7, 11) is 0. The minimum Gasteiger partial charge on any atom is -0.317 e. The van der Waals surface area contributed by atoms with E-state index in [9.17, 15) is 0 Å². The van der Waals surface area contributed by atoms with Gasteiger partial charge in [0, 0.05) is 0 Å². The summed E-state index contributed by atoms with van der Waals surface area (Å²) in [6.45, 7) is 8.09. The van der Waals surface area contributed by atoms with Crippen molar-refractivity contribution in [1.82, 2.24) is 5.32 Å². The third kappa shape index (κ3) is 17.5. The van der Waals surface area contributed by atoms with Gasteiger partial charge in [-0.3, -0.25) is 0 Å². The van der Waals surface area contributed by atoms with Gasteiger partial charge in [0.1, 0.15) is 0 Å². The number of allylic oxidation sites excluding steroid dienone is 1. The van der Waals surface area contributed by atoms with Gasteiger partial charge in [-0.2, -0.15) is 0 Å². The largest absolute Gasteiger partial charge is 0.317 e. The minimum absolute atomic E-state index is 1.12. The Balaban J connectivity index is 2.94. The molecule has 1 heteroatoms. The molecular formula is C19H37N. The van der Waals surface area contributed by atoms with Crippen molar-refractivity contribution in [2.75, 3.05) is 13.1 Å². The van der Waals surface area contributed by atoms with Crippen LogP contribution in [0.25, 0.3) is 0 Å². The second-order valence-corrected chi connectivity index (χ2v) is 5.79. The zero-order valence-corrected chi connectivity index (χ0v) is 13.9. The first-order chi connectivity index (χ1) is 9.91. The van der Waals surface area contributed by atoms with Crippen LogP contribution in [-0.4, -0.2) is 13.1 Å². The van der Waals surface area contributed by atoms with E-state index in [1.807, 2.05) is 0 Å². The first-order valence-electron chi connectivity index (χ1n) is 8.96. The van der Waals surface area contributed by atoms with Crippen LogP contribution in [0.4, 0.5) is 0 Å². The maximum Gasteiger partial charge on any atom is -0.00490 e. The van der Waals surface area contributed by atoms with E-state index in [1.165, 1.54) is 83.6 Å². The zero-order chi connectivity index (χ0) is 14.7. The Bertz CT molecular complexity index is 216. The van der Waals surface area contributed by atoms with Crippen LogP contribution in [0.3, 0.4) is 0 Å². The molecule has 20 heavy (non-hydrogen) atoms. The van der Waals surface area contributed by atoms with E-state index in [0.29, 0.717) is 0 Å². The molecule has 0 saturated heterocycles. The quantitative estimate of drug-likeness (QED) is 0.269. The van der Waals surface area contributed by atoms with Crippen LogP contribution in [0.1, 0.15) is 90.4 Å². The Kier molecular flexibility index (Phi) is 18.0. The van der Waals surface area contributed by atoms with E-state index in [1.54, 1.807) is 0 Å². The Morgan fingerprint density at radius 2 is 1.20 bits per heavy atom. The van der Waals surface area contributed by atoms with Gasteiger partial charge in [0.15, 0.2) is 0 Å². The zero-order valence-electron chi connectivity index (χ0n) is 13.9. The third-order valence-electron chi connectivity index (χ3n) is 3.85. The van der Waals surface area contributed by atoms with Crippen LogP contribution < -0.4 is 5.32 Å². The first-order valence-corrected chi connectivity index (χ1v) is 8.96. The number of unbranched alkanes of at least 4 members (excludes halogenated alkanes) is 12. The molecule has 0 fully saturated rings. The van der Waals surface area contributed by atoms with Crippen LogP contribution in [0.15, 0.2) is 18.4 Å². The maximum absolute atomic E-state index is 3.58. The van der Waals surface area contributed by atoms with Crippen LogP contribution >= 0.6 is 0 Å². The molecule has 0 radical (unpaired) electrons. The Labute approximate surface area is 127 Å². The molecule has 0 aliphatic rings. The second-order valence-electron chi connectivity index (χ2n) is 5.79. The van der Waals surface area contributed by atoms with Crippen molar-refractivity contribution in [1.29, 1.82) is 0 Å². The lowest BCUT2D eigenvalue weighted by Gasteiger charge is -2.03. The third-order valence-corrected chi connectivity index (χ3v) is 3.85. The molecule has 0 amide bonds. The topological polar surface area (TPSA) is 12.0 Å². The summed E-state index contributed by atoms with van der Waals surface area (Å²) in [5.41, 5.74) is 2.84. The Morgan fingerprint density at radius 3 is 1.65 bits per heavy atom. The van der Waals surface area contributed by atoms with Crippen LogP contribution in [0, 0.1) is 0 Å². The second kappa shape index (κ2) is 18.5. The van der Waals surface area contributed by atoms with Gasteiger partial charge in [-0.05, 0) is 38.4 Å². The highest BCUT2D eigenvalue weighted by atomic mass is 14.8. The number of hydrogen-bond donors (Lipinski definition) is 1. The van der Waals surface area contributed by atoms with E-state index >= 15 is 0 Å². The molecule has 118 valence electrons. The fraction of sp³-hybridized carbons (Fsp3) is 0.842. The van der Waals surface area contributed by atoms with E-state index in [0.717, 1.165) is 13.0 Å². The molecule has 0 unspecified atom stereocenters. The molecular weight excluding hydrogens is 242 g/mol. The molecule has 0 bridgehead atoms. The average Bonchev–Trinajstić information content (AvgIpc) is 2.47. The van der Waals surface area contributed by atoms with Gasteiger partial charge in [0.2, 0.25) is 0 Å². The Morgan fingerprint density at radius 1 is 0.750 bits per heavy atom. The smallest absolute Gasteiger partial charge is 0.00490 e. The average molecular weight is 280 g/mol. The summed E-state index contributed by atoms with van der Waals surface area (Å²) in [5, 5.41) is 3.39. The molecule has 0 aromatic rings. The van der Waals surface area contributed by atoms with E-state index in [4.69, 9.17) is 0 Å². The van der Waals surface area contributed by atoms with Gasteiger partial charge >= 0.3 is 0 Å². The van der Waals surface area contributed by atoms with Gasteiger partial charge in [-0.25, -0.2) is 0 Å². The fourth-order valence-corrected chi connectivity index (χ4v) is 2.54. The van der Waals surface area contributed by atoms with Crippen LogP contribution in [0.2, 0.25) is 0 Å². The van der Waals surface area contributed by atoms with Crippen molar-refractivity contribution in [2.24, 2.45) is 0 Å². The summed E-state index contributed by atoms with van der Waals surface area (Å²) in [4.78, 5) is 0. The maximum atomic E-state index is 3.58. The number of nitrogens with one attached hydrogen (secondary N) is 1. The van der Waals surface area contributed by atoms with Gasteiger partial charge in [0.05, 0.1) is 0 Å². The first kappa shape index (κ1) is 19.5. The molecule has 0 spiro atoms. The lowest BCUT2D eigenvalue weighted by molar-refractivity contribution is 0.536. The van der Waals surface area contributed by atoms with Crippen molar-refractivity contribution in [3.05, 3.63) is 18.4 Å². The predicted octanol–water partition coefficient (Wildman–Crippen LogP) is 6.01. The summed E-state index contributed by atoms with van der Waals surface area (Å²) in [5.74, 6) is 0. The van der Waals surface area contributed by atoms with Crippen LogP contribution in [0.5, 0.6) is 0 Å². The number of hydrogen-bond acceptors (Lipinski definition) is 1. The molecule has 0 saturated carbocycles. The fourth-order valence-electron chi connectivity index (χ4n) is 2.54. The van der Waals surface area contributed by atoms with Crippen LogP contribution in [-0.2, 0) is 0 Å². The molecule has 0 aliphatic carbocycles. The normalized spacial score (nSPS) is 10.4. The molecule has 0 aromatic carbocycles. The minimum atomic E-state index is 1.12. The van der Waals surface area contributed by atoms with Gasteiger partial charge < -0.3 is 5.32 Å². The summed E-state index contributed by atoms with van der Waals surface area (Å²) >= 11 is 0. The Hall–Kier alpha value is -0.520. The molecule has 0 aromatic heterocycles. The number of rotatable bonds is 16. The lowest BCUT2D eigenvalue weighted by Crippen LogP contribution is -2.13. The van der Waals surface area contributed by atoms with Crippen molar-refractivity contribution < 1.29 is 0 Å². The molecule has 0 atom stereocenters. The molecule has 1 N–H and O–H groups in total. The summed E-state index contributed by atoms with van der Waals surface area (Å²) < 4.78 is 0. The lowest BCUT2D eigenvalue weighted by atomic mass is 10.0. The highest BCUT2D eigenvalue weighted by Gasteiger charge is 1.93. The molecule has 1 nitrogen and oxygen atoms in total. The molecule has 0 heterocycles. The highest BCUT2D eigenvalue weighted by molar-refractivity contribution is 4.74. The van der Waals surface area contributed by atoms with E-state index in [-0.39, 0.29) is 0 Å². The summed E-state index contributed by atoms with van der Waals surface area (Å²) in [6, 6.07) is 0. The molecule has 0 rings (SSSR count). The predicted molar refractivity (Wildman–Crippen MR) is 92.3 cm³/mol. The highest BCUT2D eigenvalue weighted by Crippen LogP contribution is 2.12. The van der Waals surface area contributed by atoms with Gasteiger partial charge in [0.25, 0.3) is 0 Å². The van der Waals surface area contributed by atoms with Crippen molar-refractivity contribution >= 4 is 0 Å².